The summed E-state index contributed by atoms with van der Waals surface area (Å²) in [6.07, 6.45) is 1.30. The van der Waals surface area contributed by atoms with Crippen LogP contribution in [-0.4, -0.2) is 17.8 Å². The predicted molar refractivity (Wildman–Crippen MR) is 63.1 cm³/mol. The van der Waals surface area contributed by atoms with Crippen molar-refractivity contribution in [2.45, 2.75) is 31.2 Å². The van der Waals surface area contributed by atoms with Gasteiger partial charge in [0.2, 0.25) is 0 Å². The van der Waals surface area contributed by atoms with Gasteiger partial charge in [-0.1, -0.05) is 20.8 Å². The Balaban J connectivity index is 2.85. The van der Waals surface area contributed by atoms with Gasteiger partial charge in [0, 0.05) is 16.5 Å². The highest BCUT2D eigenvalue weighted by molar-refractivity contribution is 7.89. The Bertz CT molecular complexity index is 631. The largest absolute Gasteiger partial charge is 0.276 e. The molecule has 7 heteroatoms. The quantitative estimate of drug-likeness (QED) is 0.839. The van der Waals surface area contributed by atoms with Gasteiger partial charge >= 0.3 is 0 Å². The first-order valence-corrected chi connectivity index (χ1v) is 7.12. The van der Waals surface area contributed by atoms with Gasteiger partial charge in [0.1, 0.15) is 0 Å². The summed E-state index contributed by atoms with van der Waals surface area (Å²) in [5.41, 5.74) is 0.743. The van der Waals surface area contributed by atoms with Crippen molar-refractivity contribution in [1.82, 2.24) is 9.38 Å². The lowest BCUT2D eigenvalue weighted by molar-refractivity contribution is 0.552. The molecule has 2 N–H and O–H groups in total. The minimum absolute atomic E-state index is 0.0497. The summed E-state index contributed by atoms with van der Waals surface area (Å²) in [7, 11) is -3.73. The van der Waals surface area contributed by atoms with Crippen LogP contribution in [0.1, 0.15) is 26.5 Å². The van der Waals surface area contributed by atoms with Crippen LogP contribution in [0.25, 0.3) is 4.96 Å². The molecule has 0 saturated heterocycles. The monoisotopic (exact) mass is 259 g/mol. The molecule has 16 heavy (non-hydrogen) atoms. The molecule has 0 aliphatic heterocycles. The van der Waals surface area contributed by atoms with E-state index in [1.54, 1.807) is 4.40 Å². The first kappa shape index (κ1) is 11.6. The Morgan fingerprint density at radius 1 is 1.44 bits per heavy atom. The summed E-state index contributed by atoms with van der Waals surface area (Å²) >= 11 is 1.41. The minimum atomic E-state index is -3.73. The van der Waals surface area contributed by atoms with Crippen molar-refractivity contribution in [3.05, 3.63) is 17.3 Å². The zero-order chi connectivity index (χ0) is 12.1. The number of aromatic nitrogens is 2. The Morgan fingerprint density at radius 3 is 2.56 bits per heavy atom. The highest BCUT2D eigenvalue weighted by Crippen LogP contribution is 2.29. The van der Waals surface area contributed by atoms with Crippen LogP contribution in [0.4, 0.5) is 0 Å². The molecule has 0 unspecified atom stereocenters. The molecule has 0 saturated carbocycles. The molecule has 5 nitrogen and oxygen atoms in total. The lowest BCUT2D eigenvalue weighted by Crippen LogP contribution is -2.19. The summed E-state index contributed by atoms with van der Waals surface area (Å²) in [6.45, 7) is 6.05. The number of hydrogen-bond acceptors (Lipinski definition) is 4. The molecule has 0 radical (unpaired) electrons. The number of thiazole rings is 1. The van der Waals surface area contributed by atoms with Crippen LogP contribution in [0.5, 0.6) is 0 Å². The van der Waals surface area contributed by atoms with Crippen LogP contribution >= 0.6 is 11.3 Å². The molecule has 2 heterocycles. The molecule has 0 aliphatic rings. The molecule has 2 aromatic rings. The fourth-order valence-electron chi connectivity index (χ4n) is 1.50. The highest BCUT2D eigenvalue weighted by atomic mass is 32.2. The third-order valence-corrected chi connectivity index (χ3v) is 3.98. The van der Waals surface area contributed by atoms with Gasteiger partial charge in [-0.15, -0.1) is 11.3 Å². The van der Waals surface area contributed by atoms with E-state index in [1.807, 2.05) is 26.2 Å². The second-order valence-electron chi connectivity index (χ2n) is 4.63. The highest BCUT2D eigenvalue weighted by Gasteiger charge is 2.24. The first-order valence-electron chi connectivity index (χ1n) is 4.69. The molecule has 0 atom stereocenters. The van der Waals surface area contributed by atoms with Crippen LogP contribution in [0, 0.1) is 0 Å². The van der Waals surface area contributed by atoms with Gasteiger partial charge in [-0.2, -0.15) is 0 Å². The normalized spacial score (nSPS) is 13.5. The van der Waals surface area contributed by atoms with E-state index in [1.165, 1.54) is 17.5 Å². The third-order valence-electron chi connectivity index (χ3n) is 2.27. The molecule has 0 fully saturated rings. The van der Waals surface area contributed by atoms with Crippen molar-refractivity contribution >= 4 is 26.3 Å². The maximum absolute atomic E-state index is 11.4. The molecular weight excluding hydrogens is 246 g/mol. The number of sulfonamides is 1. The molecule has 0 amide bonds. The van der Waals surface area contributed by atoms with E-state index in [9.17, 15) is 8.42 Å². The standard InChI is InChI=1S/C9H13N3O2S2/c1-9(2,3)6-5-15-8-11-4-7(12(6)8)16(10,13)14/h4-5H,1-3H3,(H2,10,13,14). The van der Waals surface area contributed by atoms with Gasteiger partial charge < -0.3 is 0 Å². The van der Waals surface area contributed by atoms with Gasteiger partial charge in [0.15, 0.2) is 9.99 Å². The predicted octanol–water partition coefficient (Wildman–Crippen LogP) is 1.34. The van der Waals surface area contributed by atoms with Crippen molar-refractivity contribution in [1.29, 1.82) is 0 Å². The number of nitrogens with zero attached hydrogens (tertiary/aromatic N) is 2. The zero-order valence-electron chi connectivity index (χ0n) is 9.26. The van der Waals surface area contributed by atoms with E-state index >= 15 is 0 Å². The van der Waals surface area contributed by atoms with E-state index in [4.69, 9.17) is 5.14 Å². The Kier molecular flexibility index (Phi) is 2.37. The van der Waals surface area contributed by atoms with Crippen LogP contribution in [0.2, 0.25) is 0 Å². The second kappa shape index (κ2) is 3.28. The number of imidazole rings is 1. The molecule has 0 aliphatic carbocycles. The summed E-state index contributed by atoms with van der Waals surface area (Å²) < 4.78 is 24.4. The number of rotatable bonds is 1. The number of primary sulfonamides is 1. The lowest BCUT2D eigenvalue weighted by atomic mass is 9.93. The molecule has 0 aromatic carbocycles. The number of fused-ring (bicyclic) bond motifs is 1. The van der Waals surface area contributed by atoms with E-state index < -0.39 is 10.0 Å². The molecular formula is C9H13N3O2S2. The molecule has 88 valence electrons. The van der Waals surface area contributed by atoms with E-state index in [-0.39, 0.29) is 10.4 Å². The fraction of sp³-hybridized carbons (Fsp3) is 0.444. The van der Waals surface area contributed by atoms with Gasteiger partial charge in [-0.05, 0) is 0 Å². The topological polar surface area (TPSA) is 77.5 Å². The van der Waals surface area contributed by atoms with Gasteiger partial charge in [-0.25, -0.2) is 18.5 Å². The van der Waals surface area contributed by atoms with Crippen molar-refractivity contribution < 1.29 is 8.42 Å². The molecule has 2 aromatic heterocycles. The minimum Gasteiger partial charge on any atom is -0.276 e. The maximum Gasteiger partial charge on any atom is 0.255 e. The number of nitrogens with two attached hydrogens (primary N) is 1. The summed E-state index contributed by atoms with van der Waals surface area (Å²) in [5.74, 6) is 0. The maximum atomic E-state index is 11.4. The van der Waals surface area contributed by atoms with E-state index in [2.05, 4.69) is 4.98 Å². The molecule has 0 bridgehead atoms. The average Bonchev–Trinajstić information content (AvgIpc) is 2.54. The SMILES string of the molecule is CC(C)(C)c1csc2ncc(S(N)(=O)=O)n12. The van der Waals surface area contributed by atoms with Crippen molar-refractivity contribution in [2.24, 2.45) is 5.14 Å². The van der Waals surface area contributed by atoms with Crippen molar-refractivity contribution in [2.75, 3.05) is 0 Å². The van der Waals surface area contributed by atoms with Gasteiger partial charge in [-0.3, -0.25) is 4.40 Å². The Hall–Kier alpha value is -0.920. The van der Waals surface area contributed by atoms with Gasteiger partial charge in [0.05, 0.1) is 6.20 Å². The smallest absolute Gasteiger partial charge is 0.255 e. The van der Waals surface area contributed by atoms with Crippen LogP contribution in [-0.2, 0) is 15.4 Å². The molecule has 2 rings (SSSR count). The summed E-state index contributed by atoms with van der Waals surface area (Å²) in [6, 6.07) is 0. The second-order valence-corrected chi connectivity index (χ2v) is 6.98. The summed E-state index contributed by atoms with van der Waals surface area (Å²) in [5, 5.41) is 7.12. The van der Waals surface area contributed by atoms with Gasteiger partial charge in [0.25, 0.3) is 10.0 Å². The lowest BCUT2D eigenvalue weighted by Gasteiger charge is -2.17. The molecule has 0 spiro atoms. The summed E-state index contributed by atoms with van der Waals surface area (Å²) in [4.78, 5) is 4.69. The van der Waals surface area contributed by atoms with Crippen LogP contribution in [0.15, 0.2) is 16.6 Å². The average molecular weight is 259 g/mol. The van der Waals surface area contributed by atoms with E-state index in [0.717, 1.165) is 5.69 Å². The van der Waals surface area contributed by atoms with Crippen LogP contribution in [0.3, 0.4) is 0 Å². The Labute approximate surface area is 98.0 Å². The Morgan fingerprint density at radius 2 is 2.06 bits per heavy atom. The van der Waals surface area contributed by atoms with Crippen molar-refractivity contribution in [3.8, 4) is 0 Å². The fourth-order valence-corrected chi connectivity index (χ4v) is 3.29. The number of hydrogen-bond donors (Lipinski definition) is 1. The third kappa shape index (κ3) is 1.74. The first-order chi connectivity index (χ1) is 7.21. The zero-order valence-corrected chi connectivity index (χ0v) is 10.9. The van der Waals surface area contributed by atoms with E-state index in [0.29, 0.717) is 4.96 Å². The van der Waals surface area contributed by atoms with Crippen LogP contribution < -0.4 is 5.14 Å². The van der Waals surface area contributed by atoms with Crippen molar-refractivity contribution in [3.63, 3.8) is 0 Å².